The lowest BCUT2D eigenvalue weighted by molar-refractivity contribution is -0.125. The average molecular weight is 215 g/mol. The number of carbonyl (C=O) groups excluding carboxylic acids is 1. The van der Waals surface area contributed by atoms with E-state index in [-0.39, 0.29) is 5.92 Å². The van der Waals surface area contributed by atoms with E-state index < -0.39 is 0 Å². The van der Waals surface area contributed by atoms with E-state index in [1.807, 2.05) is 18.7 Å². The molecule has 82 valence electrons. The molecule has 2 nitrogen and oxygen atoms in total. The first-order valence-electron chi connectivity index (χ1n) is 5.41. The van der Waals surface area contributed by atoms with Crippen molar-refractivity contribution >= 4 is 17.5 Å². The molecule has 1 aliphatic heterocycles. The molecule has 2 unspecified atom stereocenters. The molecule has 1 aliphatic rings. The number of piperidine rings is 1. The number of Topliss-reactive ketones (excluding diaryl/α,β-unsaturated/α-hetero) is 1. The van der Waals surface area contributed by atoms with Crippen LogP contribution in [0.5, 0.6) is 0 Å². The minimum Gasteiger partial charge on any atom is -0.302 e. The molecule has 0 aliphatic carbocycles. The number of hydrogen-bond acceptors (Lipinski definition) is 3. The van der Waals surface area contributed by atoms with Crippen molar-refractivity contribution in [2.45, 2.75) is 31.9 Å². The number of ketones is 1. The second-order valence-corrected chi connectivity index (χ2v) is 5.53. The Morgan fingerprint density at radius 1 is 1.64 bits per heavy atom. The maximum atomic E-state index is 11.3. The summed E-state index contributed by atoms with van der Waals surface area (Å²) < 4.78 is 0. The summed E-state index contributed by atoms with van der Waals surface area (Å²) in [7, 11) is 0. The first-order valence-corrected chi connectivity index (χ1v) is 6.70. The van der Waals surface area contributed by atoms with Gasteiger partial charge in [0.1, 0.15) is 5.78 Å². The molecule has 0 bridgehead atoms. The zero-order valence-electron chi connectivity index (χ0n) is 9.45. The van der Waals surface area contributed by atoms with Gasteiger partial charge < -0.3 is 4.90 Å². The zero-order chi connectivity index (χ0) is 10.6. The lowest BCUT2D eigenvalue weighted by Crippen LogP contribution is -2.40. The summed E-state index contributed by atoms with van der Waals surface area (Å²) in [6, 6.07) is 0. The van der Waals surface area contributed by atoms with Crippen LogP contribution in [0, 0.1) is 5.92 Å². The van der Waals surface area contributed by atoms with Crippen LogP contribution in [0.2, 0.25) is 0 Å². The summed E-state index contributed by atoms with van der Waals surface area (Å²) >= 11 is 1.92. The van der Waals surface area contributed by atoms with E-state index >= 15 is 0 Å². The van der Waals surface area contributed by atoms with Crippen LogP contribution in [0.4, 0.5) is 0 Å². The van der Waals surface area contributed by atoms with E-state index in [1.165, 1.54) is 6.42 Å². The van der Waals surface area contributed by atoms with Crippen molar-refractivity contribution in [1.82, 2.24) is 4.90 Å². The number of thioether (sulfide) groups is 1. The summed E-state index contributed by atoms with van der Waals surface area (Å²) in [5.41, 5.74) is 0. The minimum atomic E-state index is 0.258. The normalized spacial score (nSPS) is 26.5. The summed E-state index contributed by atoms with van der Waals surface area (Å²) in [4.78, 5) is 13.7. The summed E-state index contributed by atoms with van der Waals surface area (Å²) in [5, 5.41) is 0.739. The smallest absolute Gasteiger partial charge is 0.138 e. The third kappa shape index (κ3) is 3.62. The maximum Gasteiger partial charge on any atom is 0.138 e. The number of carbonyl (C=O) groups is 1. The van der Waals surface area contributed by atoms with Crippen molar-refractivity contribution in [3.05, 3.63) is 0 Å². The highest BCUT2D eigenvalue weighted by atomic mass is 32.2. The maximum absolute atomic E-state index is 11.3. The van der Waals surface area contributed by atoms with E-state index in [2.05, 4.69) is 18.1 Å². The van der Waals surface area contributed by atoms with Gasteiger partial charge in [-0.15, -0.1) is 0 Å². The first-order chi connectivity index (χ1) is 6.63. The summed E-state index contributed by atoms with van der Waals surface area (Å²) in [6.45, 7) is 7.42. The van der Waals surface area contributed by atoms with Crippen molar-refractivity contribution in [1.29, 1.82) is 0 Å². The van der Waals surface area contributed by atoms with E-state index in [4.69, 9.17) is 0 Å². The topological polar surface area (TPSA) is 20.3 Å². The molecule has 0 saturated carbocycles. The van der Waals surface area contributed by atoms with Gasteiger partial charge >= 0.3 is 0 Å². The molecule has 0 N–H and O–H groups in total. The molecular formula is C11H21NOS. The Hall–Kier alpha value is -0.0200. The van der Waals surface area contributed by atoms with E-state index in [1.54, 1.807) is 0 Å². The Labute approximate surface area is 91.4 Å². The molecule has 1 rings (SSSR count). The van der Waals surface area contributed by atoms with E-state index in [9.17, 15) is 4.79 Å². The molecule has 0 radical (unpaired) electrons. The lowest BCUT2D eigenvalue weighted by atomic mass is 9.98. The van der Waals surface area contributed by atoms with Crippen LogP contribution in [-0.4, -0.2) is 41.8 Å². The molecule has 1 fully saturated rings. The van der Waals surface area contributed by atoms with Gasteiger partial charge in [-0.25, -0.2) is 0 Å². The first kappa shape index (κ1) is 12.1. The summed E-state index contributed by atoms with van der Waals surface area (Å²) in [6.07, 6.45) is 4.16. The average Bonchev–Trinajstić information content (AvgIpc) is 2.19. The van der Waals surface area contributed by atoms with Gasteiger partial charge in [0.15, 0.2) is 0 Å². The molecule has 2 atom stereocenters. The molecule has 0 spiro atoms. The third-order valence-corrected chi connectivity index (χ3v) is 4.05. The van der Waals surface area contributed by atoms with Crippen LogP contribution in [0.15, 0.2) is 0 Å². The second-order valence-electron chi connectivity index (χ2n) is 4.25. The Morgan fingerprint density at radius 2 is 2.36 bits per heavy atom. The molecular weight excluding hydrogens is 194 g/mol. The largest absolute Gasteiger partial charge is 0.302 e. The van der Waals surface area contributed by atoms with Gasteiger partial charge in [-0.1, -0.05) is 13.8 Å². The van der Waals surface area contributed by atoms with Gasteiger partial charge in [0.2, 0.25) is 0 Å². The van der Waals surface area contributed by atoms with Gasteiger partial charge in [-0.05, 0) is 19.2 Å². The lowest BCUT2D eigenvalue weighted by Gasteiger charge is -2.30. The monoisotopic (exact) mass is 215 g/mol. The van der Waals surface area contributed by atoms with Crippen molar-refractivity contribution in [3.8, 4) is 0 Å². The fourth-order valence-electron chi connectivity index (χ4n) is 1.78. The van der Waals surface area contributed by atoms with Crippen LogP contribution in [-0.2, 0) is 4.79 Å². The fraction of sp³-hybridized carbons (Fsp3) is 0.909. The Morgan fingerprint density at radius 3 is 2.93 bits per heavy atom. The van der Waals surface area contributed by atoms with Gasteiger partial charge in [0.05, 0.1) is 0 Å². The highest BCUT2D eigenvalue weighted by molar-refractivity contribution is 7.99. The number of hydrogen-bond donors (Lipinski definition) is 0. The number of nitrogens with zero attached hydrogens (tertiary/aromatic N) is 1. The Bertz CT molecular complexity index is 196. The summed E-state index contributed by atoms with van der Waals surface area (Å²) in [5.74, 6) is 0.701. The Balaban J connectivity index is 2.23. The SMILES string of the molecule is CSC(C)CCN1CCC(=O)C(C)C1. The molecule has 0 amide bonds. The van der Waals surface area contributed by atoms with Crippen LogP contribution < -0.4 is 0 Å². The van der Waals surface area contributed by atoms with Gasteiger partial charge in [0.25, 0.3) is 0 Å². The predicted molar refractivity (Wildman–Crippen MR) is 62.8 cm³/mol. The highest BCUT2D eigenvalue weighted by Crippen LogP contribution is 2.15. The van der Waals surface area contributed by atoms with Crippen molar-refractivity contribution in [2.24, 2.45) is 5.92 Å². The van der Waals surface area contributed by atoms with Crippen molar-refractivity contribution in [2.75, 3.05) is 25.9 Å². The molecule has 0 aromatic heterocycles. The van der Waals surface area contributed by atoms with E-state index in [0.29, 0.717) is 5.78 Å². The van der Waals surface area contributed by atoms with E-state index in [0.717, 1.165) is 31.3 Å². The zero-order valence-corrected chi connectivity index (χ0v) is 10.3. The van der Waals surface area contributed by atoms with Gasteiger partial charge in [-0.2, -0.15) is 11.8 Å². The molecule has 0 aromatic carbocycles. The molecule has 0 aromatic rings. The quantitative estimate of drug-likeness (QED) is 0.716. The molecule has 3 heteroatoms. The van der Waals surface area contributed by atoms with Crippen LogP contribution in [0.1, 0.15) is 26.7 Å². The van der Waals surface area contributed by atoms with Gasteiger partial charge in [-0.3, -0.25) is 4.79 Å². The molecule has 14 heavy (non-hydrogen) atoms. The standard InChI is InChI=1S/C11H21NOS/c1-9-8-12(7-5-11(9)13)6-4-10(2)14-3/h9-10H,4-8H2,1-3H3. The Kier molecular flexibility index (Phi) is 4.96. The van der Waals surface area contributed by atoms with Gasteiger partial charge in [0, 0.05) is 30.7 Å². The van der Waals surface area contributed by atoms with Crippen LogP contribution in [0.25, 0.3) is 0 Å². The highest BCUT2D eigenvalue weighted by Gasteiger charge is 2.22. The predicted octanol–water partition coefficient (Wildman–Crippen LogP) is 2.04. The fourth-order valence-corrected chi connectivity index (χ4v) is 2.12. The molecule has 1 heterocycles. The number of likely N-dealkylation sites (tertiary alicyclic amines) is 1. The van der Waals surface area contributed by atoms with Crippen LogP contribution >= 0.6 is 11.8 Å². The second kappa shape index (κ2) is 5.76. The van der Waals surface area contributed by atoms with Crippen LogP contribution in [0.3, 0.4) is 0 Å². The third-order valence-electron chi connectivity index (χ3n) is 3.01. The molecule has 1 saturated heterocycles. The van der Waals surface area contributed by atoms with Crippen molar-refractivity contribution in [3.63, 3.8) is 0 Å². The number of rotatable bonds is 4. The minimum absolute atomic E-state index is 0.258. The van der Waals surface area contributed by atoms with Crippen molar-refractivity contribution < 1.29 is 4.79 Å².